The maximum atomic E-state index is 14.0. The molecule has 2 bridgehead atoms. The van der Waals surface area contributed by atoms with Crippen molar-refractivity contribution in [3.63, 3.8) is 0 Å². The van der Waals surface area contributed by atoms with Gasteiger partial charge < -0.3 is 109 Å². The van der Waals surface area contributed by atoms with E-state index in [0.29, 0.717) is 44.1 Å². The fourth-order valence-corrected chi connectivity index (χ4v) is 11.2. The van der Waals surface area contributed by atoms with Gasteiger partial charge in [-0.3, -0.25) is 4.79 Å². The van der Waals surface area contributed by atoms with Gasteiger partial charge in [0.25, 0.3) is 0 Å². The second-order valence-corrected chi connectivity index (χ2v) is 19.5. The number of aliphatic hydroxyl groups excluding tert-OH is 14. The van der Waals surface area contributed by atoms with Crippen molar-refractivity contribution >= 4 is 5.97 Å². The van der Waals surface area contributed by atoms with Crippen molar-refractivity contribution in [3.8, 4) is 0 Å². The molecule has 4 heterocycles. The molecule has 3 aliphatic carbocycles. The van der Waals surface area contributed by atoms with E-state index in [2.05, 4.69) is 6.58 Å². The molecular formula is C43H68O23. The summed E-state index contributed by atoms with van der Waals surface area (Å²) in [5, 5.41) is 147. The van der Waals surface area contributed by atoms with Gasteiger partial charge in [-0.1, -0.05) is 31.6 Å². The van der Waals surface area contributed by atoms with Crippen molar-refractivity contribution in [2.75, 3.05) is 26.4 Å². The first kappa shape index (κ1) is 51.9. The van der Waals surface area contributed by atoms with E-state index in [-0.39, 0.29) is 6.42 Å². The molecule has 66 heavy (non-hydrogen) atoms. The lowest BCUT2D eigenvalue weighted by molar-refractivity contribution is -0.399. The number of hydrogen-bond donors (Lipinski definition) is 14. The second kappa shape index (κ2) is 20.1. The Morgan fingerprint density at radius 1 is 0.606 bits per heavy atom. The summed E-state index contributed by atoms with van der Waals surface area (Å²) >= 11 is 0. The number of rotatable bonds is 12. The Morgan fingerprint density at radius 3 is 1.58 bits per heavy atom. The van der Waals surface area contributed by atoms with Crippen LogP contribution in [-0.2, 0) is 42.7 Å². The largest absolute Gasteiger partial charge is 0.432 e. The molecule has 24 unspecified atom stereocenters. The van der Waals surface area contributed by atoms with Crippen LogP contribution >= 0.6 is 0 Å². The molecule has 0 radical (unpaired) electrons. The molecule has 4 saturated heterocycles. The highest BCUT2D eigenvalue weighted by atomic mass is 16.8. The average molecular weight is 953 g/mol. The van der Waals surface area contributed by atoms with Crippen LogP contribution in [0.5, 0.6) is 0 Å². The van der Waals surface area contributed by atoms with Crippen molar-refractivity contribution in [1.29, 1.82) is 0 Å². The molecule has 4 aliphatic heterocycles. The van der Waals surface area contributed by atoms with E-state index in [1.165, 1.54) is 0 Å². The summed E-state index contributed by atoms with van der Waals surface area (Å²) in [6, 6.07) is 0. The lowest BCUT2D eigenvalue weighted by Crippen LogP contribution is -2.68. The Hall–Kier alpha value is -1.89. The molecule has 7 rings (SSSR count). The second-order valence-electron chi connectivity index (χ2n) is 19.5. The smallest absolute Gasteiger partial charge is 0.314 e. The SMILES string of the molecule is C=C1CC2(C)CC1(OC1OC(CO)C(O)C(OC3OC(CO)C(O)C(O)C3O)C1OC1OC(CO)C(O)C(O)C1O)CC/C2=C1/CCCC(C)(C(=O)OC2OC(CO)C(O)C(O)C2O)C1C. The molecule has 0 aromatic rings. The highest BCUT2D eigenvalue weighted by molar-refractivity contribution is 5.78. The molecule has 7 aliphatic rings. The van der Waals surface area contributed by atoms with Crippen molar-refractivity contribution in [1.82, 2.24) is 0 Å². The molecule has 0 aromatic carbocycles. The topological polar surface area (TPSA) is 374 Å². The Morgan fingerprint density at radius 2 is 1.06 bits per heavy atom. The van der Waals surface area contributed by atoms with Crippen LogP contribution in [0.25, 0.3) is 0 Å². The summed E-state index contributed by atoms with van der Waals surface area (Å²) in [5.41, 5.74) is -0.248. The standard InChI is InChI=1S/C43H68O23/c1-16-10-41(3)15-43(16,9-7-19(41)18-6-5-8-42(4,17(18)2)40(58)65-38-33(57)30(54)26(50)22(13-46)61-38)66-39-35(64-37-32(56)29(53)25(49)21(12-45)60-37)34(27(51)23(14-47)62-39)63-36-31(55)28(52)24(48)20(11-44)59-36/h17,20-39,44-57H,1,5-15H2,2-4H3/b19-18+. The minimum atomic E-state index is -1.96. The number of aliphatic hydroxyl groups is 14. The van der Waals surface area contributed by atoms with Gasteiger partial charge in [0.15, 0.2) is 18.9 Å². The Bertz CT molecular complexity index is 1750. The first-order chi connectivity index (χ1) is 31.1. The maximum absolute atomic E-state index is 14.0. The highest BCUT2D eigenvalue weighted by Crippen LogP contribution is 2.63. The summed E-state index contributed by atoms with van der Waals surface area (Å²) in [4.78, 5) is 14.0. The number of ether oxygens (including phenoxy) is 8. The van der Waals surface area contributed by atoms with Crippen molar-refractivity contribution < 1.29 is 114 Å². The molecule has 24 atom stereocenters. The fourth-order valence-electron chi connectivity index (χ4n) is 11.2. The van der Waals surface area contributed by atoms with Crippen molar-refractivity contribution in [3.05, 3.63) is 23.3 Å². The van der Waals surface area contributed by atoms with E-state index in [0.717, 1.165) is 11.1 Å². The summed E-state index contributed by atoms with van der Waals surface area (Å²) < 4.78 is 47.7. The quantitative estimate of drug-likeness (QED) is 0.0642. The van der Waals surface area contributed by atoms with Gasteiger partial charge in [0.1, 0.15) is 97.7 Å². The molecule has 378 valence electrons. The highest BCUT2D eigenvalue weighted by Gasteiger charge is 2.61. The zero-order chi connectivity index (χ0) is 48.4. The van der Waals surface area contributed by atoms with Gasteiger partial charge in [0, 0.05) is 0 Å². The monoisotopic (exact) mass is 952 g/mol. The normalized spacial score (nSPS) is 52.3. The number of carbonyl (C=O) groups excluding carboxylic acids is 1. The number of fused-ring (bicyclic) bond motifs is 2. The third-order valence-electron chi connectivity index (χ3n) is 15.4. The first-order valence-electron chi connectivity index (χ1n) is 22.6. The Labute approximate surface area is 380 Å². The third kappa shape index (κ3) is 9.16. The minimum absolute atomic E-state index is 0.288. The van der Waals surface area contributed by atoms with Gasteiger partial charge >= 0.3 is 5.97 Å². The van der Waals surface area contributed by atoms with Crippen LogP contribution < -0.4 is 0 Å². The summed E-state index contributed by atoms with van der Waals surface area (Å²) in [5.74, 6) is -1.10. The lowest BCUT2D eigenvalue weighted by Gasteiger charge is -2.51. The van der Waals surface area contributed by atoms with E-state index in [4.69, 9.17) is 37.9 Å². The van der Waals surface area contributed by atoms with Crippen LogP contribution in [0, 0.1) is 16.7 Å². The molecule has 3 saturated carbocycles. The summed E-state index contributed by atoms with van der Waals surface area (Å²) in [6.45, 7) is 6.95. The van der Waals surface area contributed by atoms with Crippen LogP contribution in [-0.4, -0.2) is 232 Å². The van der Waals surface area contributed by atoms with Crippen LogP contribution in [0.2, 0.25) is 0 Å². The van der Waals surface area contributed by atoms with Crippen LogP contribution in [0.15, 0.2) is 23.3 Å². The summed E-state index contributed by atoms with van der Waals surface area (Å²) in [7, 11) is 0. The first-order valence-corrected chi connectivity index (χ1v) is 22.6. The lowest BCUT2D eigenvalue weighted by atomic mass is 9.60. The fraction of sp³-hybridized carbons (Fsp3) is 0.884. The Balaban J connectivity index is 1.17. The molecule has 0 amide bonds. The van der Waals surface area contributed by atoms with Crippen LogP contribution in [0.4, 0.5) is 0 Å². The molecule has 23 nitrogen and oxygen atoms in total. The molecule has 7 fully saturated rings. The predicted molar refractivity (Wildman–Crippen MR) is 217 cm³/mol. The van der Waals surface area contributed by atoms with Gasteiger partial charge in [0.2, 0.25) is 6.29 Å². The molecule has 0 aromatic heterocycles. The molecule has 0 spiro atoms. The summed E-state index contributed by atoms with van der Waals surface area (Å²) in [6.07, 6.45) is -31.3. The number of esters is 1. The minimum Gasteiger partial charge on any atom is -0.432 e. The van der Waals surface area contributed by atoms with Crippen LogP contribution in [0.1, 0.15) is 65.7 Å². The number of carbonyl (C=O) groups is 1. The van der Waals surface area contributed by atoms with E-state index >= 15 is 0 Å². The van der Waals surface area contributed by atoms with E-state index in [1.54, 1.807) is 6.92 Å². The van der Waals surface area contributed by atoms with Gasteiger partial charge in [-0.2, -0.15) is 0 Å². The van der Waals surface area contributed by atoms with Crippen molar-refractivity contribution in [2.45, 2.75) is 194 Å². The average Bonchev–Trinajstić information content (AvgIpc) is 3.49. The van der Waals surface area contributed by atoms with Gasteiger partial charge in [-0.25, -0.2) is 0 Å². The van der Waals surface area contributed by atoms with E-state index in [9.17, 15) is 76.3 Å². The molecule has 23 heteroatoms. The van der Waals surface area contributed by atoms with Gasteiger partial charge in [-0.05, 0) is 68.8 Å². The van der Waals surface area contributed by atoms with Gasteiger partial charge in [0.05, 0.1) is 37.4 Å². The van der Waals surface area contributed by atoms with E-state index in [1.807, 2.05) is 13.8 Å². The van der Waals surface area contributed by atoms with Crippen molar-refractivity contribution in [2.24, 2.45) is 16.7 Å². The number of allylic oxidation sites excluding steroid dienone is 2. The maximum Gasteiger partial charge on any atom is 0.314 e. The molecular weight excluding hydrogens is 884 g/mol. The predicted octanol–water partition coefficient (Wildman–Crippen LogP) is -5.19. The Kier molecular flexibility index (Phi) is 15.8. The zero-order valence-corrected chi connectivity index (χ0v) is 37.0. The zero-order valence-electron chi connectivity index (χ0n) is 37.0. The number of hydrogen-bond acceptors (Lipinski definition) is 23. The van der Waals surface area contributed by atoms with E-state index < -0.39 is 178 Å². The van der Waals surface area contributed by atoms with Gasteiger partial charge in [-0.15, -0.1) is 0 Å². The van der Waals surface area contributed by atoms with Crippen LogP contribution in [0.3, 0.4) is 0 Å². The molecule has 14 N–H and O–H groups in total. The third-order valence-corrected chi connectivity index (χ3v) is 15.4.